The fraction of sp³-hybridized carbons (Fsp3) is 0.182. The highest BCUT2D eigenvalue weighted by atomic mass is 32.1. The summed E-state index contributed by atoms with van der Waals surface area (Å²) in [6.07, 6.45) is 7.53. The van der Waals surface area contributed by atoms with Crippen molar-refractivity contribution in [3.63, 3.8) is 0 Å². The second-order valence-corrected chi connectivity index (χ2v) is 5.02. The van der Waals surface area contributed by atoms with Crippen LogP contribution in [-0.4, -0.2) is 40.1 Å². The number of carboxylic acid groups (broad SMARTS) is 1. The van der Waals surface area contributed by atoms with Gasteiger partial charge < -0.3 is 10.4 Å². The number of allylic oxidation sites excluding steroid dienone is 1. The number of quaternary nitrogens is 1. The van der Waals surface area contributed by atoms with Crippen LogP contribution in [0.3, 0.4) is 0 Å². The van der Waals surface area contributed by atoms with E-state index in [1.54, 1.807) is 11.6 Å². The molecule has 6 nitrogen and oxygen atoms in total. The number of aromatic nitrogens is 1. The molecular formula is C11H11N4O2S+. The Labute approximate surface area is 107 Å². The summed E-state index contributed by atoms with van der Waals surface area (Å²) in [4.78, 5) is 15.0. The zero-order valence-electron chi connectivity index (χ0n) is 9.57. The molecule has 0 saturated carbocycles. The van der Waals surface area contributed by atoms with Crippen molar-refractivity contribution in [1.29, 1.82) is 0 Å². The Hall–Kier alpha value is -1.99. The maximum Gasteiger partial charge on any atom is 0.365 e. The number of carbonyl (C=O) groups is 1. The van der Waals surface area contributed by atoms with Crippen LogP contribution < -0.4 is 5.32 Å². The molecule has 0 amide bonds. The topological polar surface area (TPSA) is 74.6 Å². The van der Waals surface area contributed by atoms with E-state index < -0.39 is 5.97 Å². The second-order valence-electron chi connectivity index (χ2n) is 4.16. The van der Waals surface area contributed by atoms with Crippen LogP contribution in [0.15, 0.2) is 28.8 Å². The number of hydrogen-bond acceptors (Lipinski definition) is 5. The molecule has 2 atom stereocenters. The van der Waals surface area contributed by atoms with Crippen molar-refractivity contribution in [2.75, 3.05) is 7.05 Å². The molecule has 1 aromatic rings. The van der Waals surface area contributed by atoms with Gasteiger partial charge in [0, 0.05) is 5.38 Å². The van der Waals surface area contributed by atoms with Crippen LogP contribution in [0.25, 0.3) is 5.70 Å². The molecule has 0 spiro atoms. The van der Waals surface area contributed by atoms with Crippen molar-refractivity contribution in [2.45, 2.75) is 6.17 Å². The maximum atomic E-state index is 10.9. The zero-order chi connectivity index (χ0) is 12.8. The average Bonchev–Trinajstić information content (AvgIpc) is 2.91. The van der Waals surface area contributed by atoms with Gasteiger partial charge in [-0.2, -0.15) is 0 Å². The van der Waals surface area contributed by atoms with E-state index in [1.807, 2.05) is 25.4 Å². The molecule has 7 heteroatoms. The number of fused-ring (bicyclic) bond motifs is 1. The number of aromatic carboxylic acids is 1. The maximum absolute atomic E-state index is 10.9. The molecule has 92 valence electrons. The highest BCUT2D eigenvalue weighted by molar-refractivity contribution is 7.11. The molecule has 0 radical (unpaired) electrons. The van der Waals surface area contributed by atoms with Gasteiger partial charge in [-0.15, -0.1) is 15.9 Å². The lowest BCUT2D eigenvalue weighted by Crippen LogP contribution is -2.47. The van der Waals surface area contributed by atoms with Gasteiger partial charge in [0.2, 0.25) is 16.9 Å². The number of rotatable bonds is 2. The van der Waals surface area contributed by atoms with E-state index in [4.69, 9.17) is 5.11 Å². The van der Waals surface area contributed by atoms with E-state index in [0.29, 0.717) is 10.3 Å². The molecule has 3 rings (SSSR count). The quantitative estimate of drug-likeness (QED) is 0.783. The summed E-state index contributed by atoms with van der Waals surface area (Å²) in [5.74, 6) is -1.00. The van der Waals surface area contributed by atoms with Gasteiger partial charge in [-0.1, -0.05) is 5.10 Å². The van der Waals surface area contributed by atoms with Crippen LogP contribution in [0, 0.1) is 0 Å². The molecule has 0 bridgehead atoms. The van der Waals surface area contributed by atoms with Gasteiger partial charge >= 0.3 is 5.97 Å². The van der Waals surface area contributed by atoms with Gasteiger partial charge in [-0.25, -0.2) is 9.78 Å². The average molecular weight is 263 g/mol. The summed E-state index contributed by atoms with van der Waals surface area (Å²) in [6.45, 7) is 0. The van der Waals surface area contributed by atoms with Gasteiger partial charge in [0.15, 0.2) is 0 Å². The normalized spacial score (nSPS) is 28.7. The van der Waals surface area contributed by atoms with Crippen LogP contribution in [0.2, 0.25) is 0 Å². The molecule has 2 aliphatic heterocycles. The molecule has 0 fully saturated rings. The molecule has 2 aliphatic rings. The van der Waals surface area contributed by atoms with Gasteiger partial charge in [-0.3, -0.25) is 0 Å². The third-order valence-electron chi connectivity index (χ3n) is 3.06. The van der Waals surface area contributed by atoms with Crippen LogP contribution in [0.4, 0.5) is 0 Å². The first kappa shape index (κ1) is 11.1. The number of nitrogens with zero attached hydrogens (tertiary/aromatic N) is 3. The SMILES string of the molecule is C[N+]12N=CC=CC1NC=C2c1csc(C(=O)O)n1. The highest BCUT2D eigenvalue weighted by Crippen LogP contribution is 2.34. The number of carboxylic acids is 1. The van der Waals surface area contributed by atoms with Gasteiger partial charge in [0.05, 0.1) is 12.4 Å². The minimum absolute atomic E-state index is 0.0416. The fourth-order valence-corrected chi connectivity index (χ4v) is 2.72. The van der Waals surface area contributed by atoms with E-state index in [-0.39, 0.29) is 11.2 Å². The number of nitrogens with one attached hydrogen (secondary N) is 1. The predicted octanol–water partition coefficient (Wildman–Crippen LogP) is 1.07. The smallest absolute Gasteiger partial charge is 0.365 e. The zero-order valence-corrected chi connectivity index (χ0v) is 10.4. The van der Waals surface area contributed by atoms with Crippen molar-refractivity contribution >= 4 is 29.2 Å². The Balaban J connectivity index is 2.00. The lowest BCUT2D eigenvalue weighted by atomic mass is 10.3. The lowest BCUT2D eigenvalue weighted by Gasteiger charge is -2.29. The Morgan fingerprint density at radius 2 is 2.44 bits per heavy atom. The standard InChI is InChI=1S/C11H10N4O2S/c1-15-8(5-12-9(15)3-2-4-13-15)7-6-18-10(14-7)11(16)17/h2-6,9,12H,1H3/p+1. The molecule has 2 unspecified atom stereocenters. The van der Waals surface area contributed by atoms with Gasteiger partial charge in [-0.05, 0) is 12.2 Å². The summed E-state index contributed by atoms with van der Waals surface area (Å²) in [7, 11) is 1.95. The Kier molecular flexibility index (Phi) is 2.32. The van der Waals surface area contributed by atoms with E-state index in [2.05, 4.69) is 15.4 Å². The summed E-state index contributed by atoms with van der Waals surface area (Å²) >= 11 is 1.12. The first-order chi connectivity index (χ1) is 8.61. The van der Waals surface area contributed by atoms with E-state index in [0.717, 1.165) is 17.0 Å². The monoisotopic (exact) mass is 263 g/mol. The number of thiazole rings is 1. The first-order valence-corrected chi connectivity index (χ1v) is 6.24. The molecule has 3 heterocycles. The summed E-state index contributed by atoms with van der Waals surface area (Å²) in [5.41, 5.74) is 1.52. The summed E-state index contributed by atoms with van der Waals surface area (Å²) in [5, 5.41) is 18.4. The van der Waals surface area contributed by atoms with Crippen molar-refractivity contribution in [1.82, 2.24) is 10.3 Å². The van der Waals surface area contributed by atoms with E-state index >= 15 is 0 Å². The van der Waals surface area contributed by atoms with Gasteiger partial charge in [0.25, 0.3) is 0 Å². The van der Waals surface area contributed by atoms with E-state index in [9.17, 15) is 4.79 Å². The minimum atomic E-state index is -1.00. The Morgan fingerprint density at radius 1 is 1.61 bits per heavy atom. The Bertz CT molecular complexity index is 604. The van der Waals surface area contributed by atoms with Crippen LogP contribution in [0.5, 0.6) is 0 Å². The molecule has 1 aromatic heterocycles. The predicted molar refractivity (Wildman–Crippen MR) is 67.8 cm³/mol. The molecule has 0 aromatic carbocycles. The third-order valence-corrected chi connectivity index (χ3v) is 3.89. The van der Waals surface area contributed by atoms with Crippen molar-refractivity contribution in [2.24, 2.45) is 5.10 Å². The van der Waals surface area contributed by atoms with E-state index in [1.165, 1.54) is 0 Å². The van der Waals surface area contributed by atoms with Crippen LogP contribution >= 0.6 is 11.3 Å². The lowest BCUT2D eigenvalue weighted by molar-refractivity contribution is -0.862. The third kappa shape index (κ3) is 1.48. The molecular weight excluding hydrogens is 252 g/mol. The van der Waals surface area contributed by atoms with Crippen molar-refractivity contribution in [3.05, 3.63) is 34.4 Å². The molecule has 0 aliphatic carbocycles. The number of hydrogen-bond donors (Lipinski definition) is 2. The highest BCUT2D eigenvalue weighted by Gasteiger charge is 2.43. The second kappa shape index (κ2) is 3.76. The minimum Gasteiger partial charge on any atom is -0.476 e. The molecule has 2 N–H and O–H groups in total. The van der Waals surface area contributed by atoms with Crippen molar-refractivity contribution in [3.8, 4) is 0 Å². The first-order valence-electron chi connectivity index (χ1n) is 5.36. The molecule has 18 heavy (non-hydrogen) atoms. The van der Waals surface area contributed by atoms with Crippen molar-refractivity contribution < 1.29 is 14.5 Å². The molecule has 0 saturated heterocycles. The summed E-state index contributed by atoms with van der Waals surface area (Å²) in [6, 6.07) is 0. The summed E-state index contributed by atoms with van der Waals surface area (Å²) < 4.78 is 0.319. The Morgan fingerprint density at radius 3 is 3.17 bits per heavy atom. The van der Waals surface area contributed by atoms with Crippen LogP contribution in [-0.2, 0) is 0 Å². The largest absolute Gasteiger partial charge is 0.476 e. The van der Waals surface area contributed by atoms with Crippen LogP contribution in [0.1, 0.15) is 15.5 Å². The fourth-order valence-electron chi connectivity index (χ4n) is 2.07. The number of likely N-dealkylation sites (N-methyl/N-ethyl adjacent to an activating group) is 1. The van der Waals surface area contributed by atoms with Gasteiger partial charge in [0.1, 0.15) is 12.7 Å².